The standard InChI is InChI=1S/C22H29N5O/c1-16(2)15-27-18(4)21(17(3)25-27)14-22(28)23-12-10-19-6-8-20(9-7-19)26-13-5-11-24-26/h5-9,11,13,16H,10,12,14-15H2,1-4H3,(H,23,28). The third kappa shape index (κ3) is 4.88. The molecule has 6 heteroatoms. The Morgan fingerprint density at radius 1 is 1.18 bits per heavy atom. The van der Waals surface area contributed by atoms with Crippen molar-refractivity contribution in [2.45, 2.75) is 47.1 Å². The molecule has 3 aromatic rings. The van der Waals surface area contributed by atoms with Crippen molar-refractivity contribution in [1.82, 2.24) is 24.9 Å². The minimum atomic E-state index is 0.0449. The van der Waals surface area contributed by atoms with Crippen LogP contribution in [0.1, 0.15) is 36.4 Å². The van der Waals surface area contributed by atoms with Gasteiger partial charge in [-0.05, 0) is 49.9 Å². The Morgan fingerprint density at radius 2 is 1.93 bits per heavy atom. The van der Waals surface area contributed by atoms with Crippen LogP contribution in [0.15, 0.2) is 42.7 Å². The van der Waals surface area contributed by atoms with Gasteiger partial charge in [-0.1, -0.05) is 26.0 Å². The molecule has 2 aromatic heterocycles. The van der Waals surface area contributed by atoms with Crippen LogP contribution in [0, 0.1) is 19.8 Å². The summed E-state index contributed by atoms with van der Waals surface area (Å²) in [7, 11) is 0. The number of amides is 1. The molecule has 0 saturated heterocycles. The van der Waals surface area contributed by atoms with E-state index in [-0.39, 0.29) is 5.91 Å². The quantitative estimate of drug-likeness (QED) is 0.653. The van der Waals surface area contributed by atoms with Gasteiger partial charge in [-0.25, -0.2) is 4.68 Å². The molecular formula is C22H29N5O. The van der Waals surface area contributed by atoms with Crippen LogP contribution < -0.4 is 5.32 Å². The van der Waals surface area contributed by atoms with Gasteiger partial charge in [0.25, 0.3) is 0 Å². The van der Waals surface area contributed by atoms with Crippen molar-refractivity contribution < 1.29 is 4.79 Å². The smallest absolute Gasteiger partial charge is 0.224 e. The van der Waals surface area contributed by atoms with Crippen molar-refractivity contribution in [3.63, 3.8) is 0 Å². The maximum absolute atomic E-state index is 12.4. The molecule has 0 unspecified atom stereocenters. The third-order valence-electron chi connectivity index (χ3n) is 4.85. The number of carbonyl (C=O) groups is 1. The predicted octanol–water partition coefficient (Wildman–Crippen LogP) is 3.24. The largest absolute Gasteiger partial charge is 0.355 e. The lowest BCUT2D eigenvalue weighted by Crippen LogP contribution is -2.27. The highest BCUT2D eigenvalue weighted by Crippen LogP contribution is 2.15. The number of aromatic nitrogens is 4. The highest BCUT2D eigenvalue weighted by atomic mass is 16.1. The van der Waals surface area contributed by atoms with Crippen LogP contribution in [0.25, 0.3) is 5.69 Å². The molecule has 0 spiro atoms. The van der Waals surface area contributed by atoms with Crippen LogP contribution in [0.5, 0.6) is 0 Å². The van der Waals surface area contributed by atoms with Crippen molar-refractivity contribution in [3.8, 4) is 5.69 Å². The van der Waals surface area contributed by atoms with E-state index in [4.69, 9.17) is 0 Å². The molecule has 1 amide bonds. The van der Waals surface area contributed by atoms with Gasteiger partial charge in [-0.15, -0.1) is 0 Å². The van der Waals surface area contributed by atoms with Gasteiger partial charge in [0.1, 0.15) is 0 Å². The van der Waals surface area contributed by atoms with Gasteiger partial charge in [-0.2, -0.15) is 10.2 Å². The van der Waals surface area contributed by atoms with Gasteiger partial charge in [0.05, 0.1) is 17.8 Å². The summed E-state index contributed by atoms with van der Waals surface area (Å²) in [6, 6.07) is 10.1. The van der Waals surface area contributed by atoms with Crippen LogP contribution in [-0.4, -0.2) is 32.0 Å². The fourth-order valence-electron chi connectivity index (χ4n) is 3.32. The molecule has 148 valence electrons. The molecule has 1 aromatic carbocycles. The lowest BCUT2D eigenvalue weighted by atomic mass is 10.1. The number of hydrogen-bond donors (Lipinski definition) is 1. The first-order chi connectivity index (χ1) is 13.4. The van der Waals surface area contributed by atoms with Gasteiger partial charge >= 0.3 is 0 Å². The van der Waals surface area contributed by atoms with E-state index in [0.29, 0.717) is 18.9 Å². The lowest BCUT2D eigenvalue weighted by molar-refractivity contribution is -0.120. The van der Waals surface area contributed by atoms with Crippen molar-refractivity contribution in [1.29, 1.82) is 0 Å². The summed E-state index contributed by atoms with van der Waals surface area (Å²) in [5.74, 6) is 0.572. The van der Waals surface area contributed by atoms with Crippen LogP contribution in [-0.2, 0) is 24.2 Å². The van der Waals surface area contributed by atoms with E-state index >= 15 is 0 Å². The molecular weight excluding hydrogens is 350 g/mol. The van der Waals surface area contributed by atoms with Crippen LogP contribution in [0.3, 0.4) is 0 Å². The summed E-state index contributed by atoms with van der Waals surface area (Å²) in [5, 5.41) is 11.8. The van der Waals surface area contributed by atoms with Gasteiger partial charge in [0.15, 0.2) is 0 Å². The summed E-state index contributed by atoms with van der Waals surface area (Å²) in [4.78, 5) is 12.4. The van der Waals surface area contributed by atoms with E-state index < -0.39 is 0 Å². The summed E-state index contributed by atoms with van der Waals surface area (Å²) in [6.07, 6.45) is 4.87. The fourth-order valence-corrected chi connectivity index (χ4v) is 3.32. The molecule has 0 bridgehead atoms. The molecule has 0 aliphatic carbocycles. The van der Waals surface area contributed by atoms with Crippen LogP contribution in [0.2, 0.25) is 0 Å². The minimum Gasteiger partial charge on any atom is -0.355 e. The molecule has 28 heavy (non-hydrogen) atoms. The number of benzene rings is 1. The van der Waals surface area contributed by atoms with Crippen molar-refractivity contribution in [3.05, 3.63) is 65.2 Å². The summed E-state index contributed by atoms with van der Waals surface area (Å²) >= 11 is 0. The molecule has 0 aliphatic rings. The van der Waals surface area contributed by atoms with E-state index in [1.807, 2.05) is 47.6 Å². The first-order valence-corrected chi connectivity index (χ1v) is 9.82. The van der Waals surface area contributed by atoms with E-state index in [1.54, 1.807) is 6.20 Å². The van der Waals surface area contributed by atoms with Crippen molar-refractivity contribution in [2.24, 2.45) is 5.92 Å². The second-order valence-electron chi connectivity index (χ2n) is 7.62. The fraction of sp³-hybridized carbons (Fsp3) is 0.409. The molecule has 0 radical (unpaired) electrons. The van der Waals surface area contributed by atoms with E-state index in [0.717, 1.165) is 35.6 Å². The maximum atomic E-state index is 12.4. The van der Waals surface area contributed by atoms with Crippen LogP contribution >= 0.6 is 0 Å². The Bertz CT molecular complexity index is 907. The SMILES string of the molecule is Cc1nn(CC(C)C)c(C)c1CC(=O)NCCc1ccc(-n2cccn2)cc1. The van der Waals surface area contributed by atoms with Crippen molar-refractivity contribution >= 4 is 5.91 Å². The first-order valence-electron chi connectivity index (χ1n) is 9.82. The van der Waals surface area contributed by atoms with E-state index in [1.165, 1.54) is 5.56 Å². The van der Waals surface area contributed by atoms with Crippen LogP contribution in [0.4, 0.5) is 0 Å². The van der Waals surface area contributed by atoms with Gasteiger partial charge in [0, 0.05) is 36.7 Å². The number of carbonyl (C=O) groups excluding carboxylic acids is 1. The summed E-state index contributed by atoms with van der Waals surface area (Å²) in [5.41, 5.74) is 5.30. The molecule has 0 aliphatic heterocycles. The van der Waals surface area contributed by atoms with E-state index in [2.05, 4.69) is 41.5 Å². The molecule has 6 nitrogen and oxygen atoms in total. The lowest BCUT2D eigenvalue weighted by Gasteiger charge is -2.09. The molecule has 0 fully saturated rings. The maximum Gasteiger partial charge on any atom is 0.224 e. The highest BCUT2D eigenvalue weighted by molar-refractivity contribution is 5.79. The molecule has 1 N–H and O–H groups in total. The first kappa shape index (κ1) is 19.9. The second kappa shape index (κ2) is 8.87. The van der Waals surface area contributed by atoms with Gasteiger partial charge < -0.3 is 5.32 Å². The monoisotopic (exact) mass is 379 g/mol. The topological polar surface area (TPSA) is 64.7 Å². The number of nitrogens with zero attached hydrogens (tertiary/aromatic N) is 4. The highest BCUT2D eigenvalue weighted by Gasteiger charge is 2.15. The van der Waals surface area contributed by atoms with Gasteiger partial charge in [-0.3, -0.25) is 9.48 Å². The normalized spacial score (nSPS) is 11.2. The van der Waals surface area contributed by atoms with Crippen molar-refractivity contribution in [2.75, 3.05) is 6.54 Å². The Morgan fingerprint density at radius 3 is 2.57 bits per heavy atom. The zero-order valence-electron chi connectivity index (χ0n) is 17.1. The average Bonchev–Trinajstić information content (AvgIpc) is 3.27. The Hall–Kier alpha value is -2.89. The predicted molar refractivity (Wildman–Crippen MR) is 111 cm³/mol. The number of hydrogen-bond acceptors (Lipinski definition) is 3. The van der Waals surface area contributed by atoms with Gasteiger partial charge in [0.2, 0.25) is 5.91 Å². The Balaban J connectivity index is 1.50. The Kier molecular flexibility index (Phi) is 6.29. The molecule has 2 heterocycles. The Labute approximate surface area is 166 Å². The molecule has 0 saturated carbocycles. The summed E-state index contributed by atoms with van der Waals surface area (Å²) in [6.45, 7) is 9.87. The summed E-state index contributed by atoms with van der Waals surface area (Å²) < 4.78 is 3.85. The zero-order valence-corrected chi connectivity index (χ0v) is 17.1. The minimum absolute atomic E-state index is 0.0449. The number of nitrogens with one attached hydrogen (secondary N) is 1. The number of aryl methyl sites for hydroxylation is 1. The average molecular weight is 380 g/mol. The molecule has 3 rings (SSSR count). The number of rotatable bonds is 8. The van der Waals surface area contributed by atoms with E-state index in [9.17, 15) is 4.79 Å². The second-order valence-corrected chi connectivity index (χ2v) is 7.62. The third-order valence-corrected chi connectivity index (χ3v) is 4.85. The molecule has 0 atom stereocenters. The zero-order chi connectivity index (χ0) is 20.1.